The van der Waals surface area contributed by atoms with Crippen molar-refractivity contribution in [2.75, 3.05) is 4.72 Å². The highest BCUT2D eigenvalue weighted by Crippen LogP contribution is 2.25. The zero-order valence-electron chi connectivity index (χ0n) is 12.1. The molecular weight excluding hydrogens is 284 g/mol. The lowest BCUT2D eigenvalue weighted by Gasteiger charge is -2.14. The average Bonchev–Trinajstić information content (AvgIpc) is 2.43. The number of nitrogens with one attached hydrogen (secondary N) is 1. The van der Waals surface area contributed by atoms with Gasteiger partial charge in [-0.25, -0.2) is 8.42 Å². The van der Waals surface area contributed by atoms with E-state index in [1.165, 1.54) is 12.1 Å². The molecule has 0 unspecified atom stereocenters. The van der Waals surface area contributed by atoms with Crippen molar-refractivity contribution in [1.29, 1.82) is 5.26 Å². The maximum absolute atomic E-state index is 12.4. The van der Waals surface area contributed by atoms with Gasteiger partial charge in [-0.15, -0.1) is 0 Å². The van der Waals surface area contributed by atoms with Gasteiger partial charge in [-0.1, -0.05) is 23.8 Å². The number of rotatable bonds is 3. The molecule has 0 saturated heterocycles. The Labute approximate surface area is 125 Å². The summed E-state index contributed by atoms with van der Waals surface area (Å²) in [7, 11) is -3.70. The Hall–Kier alpha value is -2.32. The summed E-state index contributed by atoms with van der Waals surface area (Å²) in [5, 5.41) is 8.87. The van der Waals surface area contributed by atoms with Crippen molar-refractivity contribution in [1.82, 2.24) is 0 Å². The minimum absolute atomic E-state index is 0.0842. The van der Waals surface area contributed by atoms with Gasteiger partial charge in [0.25, 0.3) is 10.0 Å². The molecule has 108 valence electrons. The molecule has 0 spiro atoms. The fourth-order valence-electron chi connectivity index (χ4n) is 2.27. The Morgan fingerprint density at radius 1 is 1.05 bits per heavy atom. The highest BCUT2D eigenvalue weighted by Gasteiger charge is 2.17. The number of nitriles is 1. The molecule has 4 nitrogen and oxygen atoms in total. The van der Waals surface area contributed by atoms with Crippen LogP contribution in [0.1, 0.15) is 22.3 Å². The number of nitrogens with zero attached hydrogens (tertiary/aromatic N) is 1. The molecule has 0 fully saturated rings. The van der Waals surface area contributed by atoms with E-state index in [-0.39, 0.29) is 4.90 Å². The summed E-state index contributed by atoms with van der Waals surface area (Å²) < 4.78 is 27.5. The van der Waals surface area contributed by atoms with Crippen molar-refractivity contribution in [3.05, 3.63) is 58.7 Å². The lowest BCUT2D eigenvalue weighted by molar-refractivity contribution is 0.601. The predicted molar refractivity (Wildman–Crippen MR) is 82.6 cm³/mol. The zero-order chi connectivity index (χ0) is 15.6. The fraction of sp³-hybridized carbons (Fsp3) is 0.188. The third kappa shape index (κ3) is 3.23. The van der Waals surface area contributed by atoms with Crippen LogP contribution >= 0.6 is 0 Å². The lowest BCUT2D eigenvalue weighted by Crippen LogP contribution is -2.15. The van der Waals surface area contributed by atoms with Crippen LogP contribution in [0.2, 0.25) is 0 Å². The zero-order valence-corrected chi connectivity index (χ0v) is 13.0. The summed E-state index contributed by atoms with van der Waals surface area (Å²) in [4.78, 5) is 0.0842. The first kappa shape index (κ1) is 15.1. The largest absolute Gasteiger partial charge is 0.279 e. The molecule has 2 aromatic rings. The normalized spacial score (nSPS) is 11.0. The van der Waals surface area contributed by atoms with Crippen LogP contribution in [0.3, 0.4) is 0 Å². The van der Waals surface area contributed by atoms with Crippen LogP contribution in [-0.4, -0.2) is 8.42 Å². The third-order valence-electron chi connectivity index (χ3n) is 3.19. The van der Waals surface area contributed by atoms with Crippen LogP contribution in [0.25, 0.3) is 0 Å². The molecule has 0 aliphatic carbocycles. The Bertz CT molecular complexity index is 811. The van der Waals surface area contributed by atoms with E-state index in [2.05, 4.69) is 4.72 Å². The summed E-state index contributed by atoms with van der Waals surface area (Å²) in [6, 6.07) is 11.8. The highest BCUT2D eigenvalue weighted by molar-refractivity contribution is 7.92. The molecule has 0 atom stereocenters. The predicted octanol–water partition coefficient (Wildman–Crippen LogP) is 3.28. The van der Waals surface area contributed by atoms with Crippen LogP contribution in [0.5, 0.6) is 0 Å². The van der Waals surface area contributed by atoms with Crippen molar-refractivity contribution < 1.29 is 8.42 Å². The highest BCUT2D eigenvalue weighted by atomic mass is 32.2. The van der Waals surface area contributed by atoms with Crippen LogP contribution < -0.4 is 4.72 Å². The summed E-state index contributed by atoms with van der Waals surface area (Å²) >= 11 is 0. The smallest absolute Gasteiger partial charge is 0.261 e. The van der Waals surface area contributed by atoms with E-state index in [0.29, 0.717) is 11.3 Å². The van der Waals surface area contributed by atoms with Crippen LogP contribution in [-0.2, 0) is 10.0 Å². The summed E-state index contributed by atoms with van der Waals surface area (Å²) in [6.45, 7) is 5.70. The molecule has 21 heavy (non-hydrogen) atoms. The molecule has 5 heteroatoms. The number of anilines is 1. The molecule has 2 aromatic carbocycles. The third-order valence-corrected chi connectivity index (χ3v) is 4.53. The van der Waals surface area contributed by atoms with Crippen molar-refractivity contribution in [2.45, 2.75) is 25.7 Å². The number of aryl methyl sites for hydroxylation is 3. The van der Waals surface area contributed by atoms with Crippen molar-refractivity contribution in [3.8, 4) is 6.07 Å². The first-order valence-electron chi connectivity index (χ1n) is 6.44. The van der Waals surface area contributed by atoms with Crippen molar-refractivity contribution in [3.63, 3.8) is 0 Å². The quantitative estimate of drug-likeness (QED) is 0.945. The average molecular weight is 300 g/mol. The first-order valence-corrected chi connectivity index (χ1v) is 7.92. The summed E-state index contributed by atoms with van der Waals surface area (Å²) in [6.07, 6.45) is 0. The van der Waals surface area contributed by atoms with Crippen LogP contribution in [0, 0.1) is 32.1 Å². The van der Waals surface area contributed by atoms with Gasteiger partial charge in [0.1, 0.15) is 0 Å². The first-order chi connectivity index (χ1) is 9.83. The maximum Gasteiger partial charge on any atom is 0.261 e. The minimum atomic E-state index is -3.70. The van der Waals surface area contributed by atoms with Gasteiger partial charge < -0.3 is 0 Å². The van der Waals surface area contributed by atoms with Gasteiger partial charge in [0.2, 0.25) is 0 Å². The second-order valence-corrected chi connectivity index (χ2v) is 6.70. The molecule has 0 bridgehead atoms. The van der Waals surface area contributed by atoms with E-state index < -0.39 is 10.0 Å². The summed E-state index contributed by atoms with van der Waals surface area (Å²) in [5.74, 6) is 0. The molecule has 0 aliphatic rings. The minimum Gasteiger partial charge on any atom is -0.279 e. The van der Waals surface area contributed by atoms with Gasteiger partial charge in [-0.3, -0.25) is 4.72 Å². The molecular formula is C16H16N2O2S. The molecule has 0 heterocycles. The molecule has 0 amide bonds. The SMILES string of the molecule is Cc1cc(C)c(NS(=O)(=O)c2cccc(C#N)c2)c(C)c1. The Morgan fingerprint density at radius 3 is 2.24 bits per heavy atom. The number of sulfonamides is 1. The second-order valence-electron chi connectivity index (χ2n) is 5.02. The number of hydrogen-bond acceptors (Lipinski definition) is 3. The molecule has 0 radical (unpaired) electrons. The summed E-state index contributed by atoms with van der Waals surface area (Å²) in [5.41, 5.74) is 3.72. The van der Waals surface area contributed by atoms with E-state index in [9.17, 15) is 8.42 Å². The number of benzene rings is 2. The van der Waals surface area contributed by atoms with E-state index in [4.69, 9.17) is 5.26 Å². The molecule has 1 N–H and O–H groups in total. The van der Waals surface area contributed by atoms with Gasteiger partial charge in [-0.2, -0.15) is 5.26 Å². The van der Waals surface area contributed by atoms with Gasteiger partial charge in [-0.05, 0) is 50.1 Å². The second kappa shape index (κ2) is 5.58. The number of hydrogen-bond donors (Lipinski definition) is 1. The van der Waals surface area contributed by atoms with E-state index in [1.54, 1.807) is 12.1 Å². The fourth-order valence-corrected chi connectivity index (χ4v) is 3.52. The van der Waals surface area contributed by atoms with Crippen LogP contribution in [0.4, 0.5) is 5.69 Å². The van der Waals surface area contributed by atoms with Gasteiger partial charge >= 0.3 is 0 Å². The monoisotopic (exact) mass is 300 g/mol. The lowest BCUT2D eigenvalue weighted by atomic mass is 10.1. The maximum atomic E-state index is 12.4. The van der Waals surface area contributed by atoms with E-state index >= 15 is 0 Å². The van der Waals surface area contributed by atoms with Crippen molar-refractivity contribution >= 4 is 15.7 Å². The molecule has 2 rings (SSSR count). The standard InChI is InChI=1S/C16H16N2O2S/c1-11-7-12(2)16(13(3)8-11)18-21(19,20)15-6-4-5-14(9-15)10-17/h4-9,18H,1-3H3. The van der Waals surface area contributed by atoms with Gasteiger partial charge in [0.15, 0.2) is 0 Å². The van der Waals surface area contributed by atoms with E-state index in [0.717, 1.165) is 16.7 Å². The van der Waals surface area contributed by atoms with Crippen LogP contribution in [0.15, 0.2) is 41.3 Å². The van der Waals surface area contributed by atoms with E-state index in [1.807, 2.05) is 39.0 Å². The van der Waals surface area contributed by atoms with Gasteiger partial charge in [0, 0.05) is 0 Å². The Kier molecular flexibility index (Phi) is 4.01. The Balaban J connectivity index is 2.45. The molecule has 0 aliphatic heterocycles. The molecule has 0 saturated carbocycles. The Morgan fingerprint density at radius 2 is 1.67 bits per heavy atom. The van der Waals surface area contributed by atoms with Gasteiger partial charge in [0.05, 0.1) is 22.2 Å². The van der Waals surface area contributed by atoms with Crippen molar-refractivity contribution in [2.24, 2.45) is 0 Å². The molecule has 0 aromatic heterocycles. The topological polar surface area (TPSA) is 70.0 Å².